The number of sulfonamides is 1. The predicted molar refractivity (Wildman–Crippen MR) is 81.5 cm³/mol. The number of anilines is 1. The summed E-state index contributed by atoms with van der Waals surface area (Å²) in [6.45, 7) is 0. The molecule has 1 heterocycles. The summed E-state index contributed by atoms with van der Waals surface area (Å²) in [4.78, 5) is 3.51. The topological polar surface area (TPSA) is 59.1 Å². The van der Waals surface area contributed by atoms with Gasteiger partial charge in [0.05, 0.1) is 27.0 Å². The van der Waals surface area contributed by atoms with E-state index >= 15 is 0 Å². The lowest BCUT2D eigenvalue weighted by atomic mass is 10.4. The molecule has 0 fully saturated rings. The van der Waals surface area contributed by atoms with Crippen LogP contribution in [-0.2, 0) is 10.0 Å². The lowest BCUT2D eigenvalue weighted by Gasteiger charge is -2.12. The molecule has 4 nitrogen and oxygen atoms in total. The van der Waals surface area contributed by atoms with Gasteiger partial charge in [-0.25, -0.2) is 8.42 Å². The number of hydrogen-bond acceptors (Lipinski definition) is 3. The highest BCUT2D eigenvalue weighted by Crippen LogP contribution is 2.34. The van der Waals surface area contributed by atoms with Crippen LogP contribution in [0.3, 0.4) is 0 Å². The van der Waals surface area contributed by atoms with E-state index in [4.69, 9.17) is 46.4 Å². The van der Waals surface area contributed by atoms with Crippen LogP contribution in [0.4, 0.5) is 5.69 Å². The molecule has 0 unspecified atom stereocenters. The molecular weight excluding hydrogens is 366 g/mol. The normalized spacial score (nSPS) is 11.4. The molecule has 0 aliphatic carbocycles. The van der Waals surface area contributed by atoms with E-state index in [1.165, 1.54) is 30.6 Å². The average molecular weight is 372 g/mol. The lowest BCUT2D eigenvalue weighted by Crippen LogP contribution is -2.14. The van der Waals surface area contributed by atoms with Crippen LogP contribution >= 0.6 is 46.4 Å². The molecule has 0 aliphatic rings. The summed E-state index contributed by atoms with van der Waals surface area (Å²) in [6.07, 6.45) is 2.71. The summed E-state index contributed by atoms with van der Waals surface area (Å²) >= 11 is 23.4. The molecule has 1 N–H and O–H groups in total. The SMILES string of the molecule is O=S(=O)(Nc1cnccc1Cl)c1c(Cl)cc(Cl)cc1Cl. The van der Waals surface area contributed by atoms with Gasteiger partial charge in [-0.15, -0.1) is 0 Å². The summed E-state index contributed by atoms with van der Waals surface area (Å²) in [7, 11) is -4.01. The zero-order valence-electron chi connectivity index (χ0n) is 9.57. The molecule has 9 heteroatoms. The Morgan fingerprint density at radius 3 is 2.15 bits per heavy atom. The molecule has 0 amide bonds. The van der Waals surface area contributed by atoms with Crippen molar-refractivity contribution in [1.29, 1.82) is 0 Å². The molecule has 0 atom stereocenters. The maximum absolute atomic E-state index is 12.3. The maximum Gasteiger partial charge on any atom is 0.264 e. The van der Waals surface area contributed by atoms with Gasteiger partial charge in [-0.05, 0) is 18.2 Å². The highest BCUT2D eigenvalue weighted by Gasteiger charge is 2.23. The Kier molecular flexibility index (Phi) is 4.66. The molecule has 0 bridgehead atoms. The second-order valence-electron chi connectivity index (χ2n) is 3.66. The van der Waals surface area contributed by atoms with Gasteiger partial charge >= 0.3 is 0 Å². The number of halogens is 4. The standard InChI is InChI=1S/C11H6Cl4N2O2S/c12-6-3-8(14)11(9(15)4-6)20(18,19)17-10-5-16-2-1-7(10)13/h1-5,17H. The highest BCUT2D eigenvalue weighted by molar-refractivity contribution is 7.93. The van der Waals surface area contributed by atoms with E-state index in [1.807, 2.05) is 0 Å². The van der Waals surface area contributed by atoms with E-state index in [-0.39, 0.29) is 30.7 Å². The Morgan fingerprint density at radius 2 is 1.60 bits per heavy atom. The van der Waals surface area contributed by atoms with Crippen molar-refractivity contribution >= 4 is 62.1 Å². The van der Waals surface area contributed by atoms with Crippen molar-refractivity contribution in [2.24, 2.45) is 0 Å². The molecule has 1 aromatic carbocycles. The molecular formula is C11H6Cl4N2O2S. The summed E-state index contributed by atoms with van der Waals surface area (Å²) in [5, 5.41) is 0.258. The Hall–Kier alpha value is -0.720. The van der Waals surface area contributed by atoms with Crippen LogP contribution in [0.5, 0.6) is 0 Å². The zero-order chi connectivity index (χ0) is 14.9. The van der Waals surface area contributed by atoms with E-state index in [0.717, 1.165) is 0 Å². The first-order valence-electron chi connectivity index (χ1n) is 5.08. The first-order chi connectivity index (χ1) is 9.31. The minimum absolute atomic E-state index is 0.0880. The van der Waals surface area contributed by atoms with Crippen molar-refractivity contribution in [2.45, 2.75) is 4.90 Å². The second kappa shape index (κ2) is 5.95. The van der Waals surface area contributed by atoms with Gasteiger partial charge in [0.1, 0.15) is 4.90 Å². The molecule has 0 saturated heterocycles. The lowest BCUT2D eigenvalue weighted by molar-refractivity contribution is 0.601. The monoisotopic (exact) mass is 370 g/mol. The van der Waals surface area contributed by atoms with E-state index < -0.39 is 10.0 Å². The fourth-order valence-corrected chi connectivity index (χ4v) is 4.25. The van der Waals surface area contributed by atoms with Gasteiger partial charge < -0.3 is 0 Å². The second-order valence-corrected chi connectivity index (χ2v) is 6.94. The van der Waals surface area contributed by atoms with E-state index in [2.05, 4.69) is 9.71 Å². The van der Waals surface area contributed by atoms with Crippen molar-refractivity contribution in [3.8, 4) is 0 Å². The number of benzene rings is 1. The first kappa shape index (κ1) is 15.7. The van der Waals surface area contributed by atoms with Crippen molar-refractivity contribution in [3.05, 3.63) is 50.7 Å². The molecule has 2 aromatic rings. The molecule has 20 heavy (non-hydrogen) atoms. The largest absolute Gasteiger partial charge is 0.276 e. The number of nitrogens with zero attached hydrogens (tertiary/aromatic N) is 1. The van der Waals surface area contributed by atoms with E-state index in [0.29, 0.717) is 0 Å². The Labute approximate surface area is 135 Å². The molecule has 106 valence electrons. The molecule has 0 spiro atoms. The molecule has 0 saturated carbocycles. The zero-order valence-corrected chi connectivity index (χ0v) is 13.4. The Bertz CT molecular complexity index is 742. The van der Waals surface area contributed by atoms with E-state index in [1.54, 1.807) is 0 Å². The highest BCUT2D eigenvalue weighted by atomic mass is 35.5. The first-order valence-corrected chi connectivity index (χ1v) is 8.07. The summed E-state index contributed by atoms with van der Waals surface area (Å²) in [6, 6.07) is 4.02. The van der Waals surface area contributed by atoms with E-state index in [9.17, 15) is 8.42 Å². The number of nitrogens with one attached hydrogen (secondary N) is 1. The van der Waals surface area contributed by atoms with Crippen LogP contribution in [-0.4, -0.2) is 13.4 Å². The molecule has 0 radical (unpaired) electrons. The number of aromatic nitrogens is 1. The third-order valence-electron chi connectivity index (χ3n) is 2.24. The third kappa shape index (κ3) is 3.30. The Balaban J connectivity index is 2.50. The van der Waals surface area contributed by atoms with Crippen LogP contribution in [0.15, 0.2) is 35.5 Å². The summed E-state index contributed by atoms with van der Waals surface area (Å²) in [5.74, 6) is 0. The third-order valence-corrected chi connectivity index (χ3v) is 5.08. The predicted octanol–water partition coefficient (Wildman–Crippen LogP) is 4.50. The van der Waals surface area contributed by atoms with Crippen LogP contribution in [0, 0.1) is 0 Å². The molecule has 0 aliphatic heterocycles. The minimum atomic E-state index is -4.01. The number of hydrogen-bond donors (Lipinski definition) is 1. The average Bonchev–Trinajstić information content (AvgIpc) is 2.30. The van der Waals surface area contributed by atoms with Crippen LogP contribution < -0.4 is 4.72 Å². The maximum atomic E-state index is 12.3. The molecule has 1 aromatic heterocycles. The van der Waals surface area contributed by atoms with Crippen molar-refractivity contribution in [2.75, 3.05) is 4.72 Å². The Morgan fingerprint density at radius 1 is 1.00 bits per heavy atom. The van der Waals surface area contributed by atoms with Gasteiger partial charge in [0.25, 0.3) is 10.0 Å². The van der Waals surface area contributed by atoms with Crippen LogP contribution in [0.2, 0.25) is 20.1 Å². The van der Waals surface area contributed by atoms with Crippen LogP contribution in [0.1, 0.15) is 0 Å². The number of rotatable bonds is 3. The fraction of sp³-hybridized carbons (Fsp3) is 0. The summed E-state index contributed by atoms with van der Waals surface area (Å²) < 4.78 is 26.9. The van der Waals surface area contributed by atoms with Gasteiger partial charge in [-0.1, -0.05) is 46.4 Å². The van der Waals surface area contributed by atoms with Crippen molar-refractivity contribution < 1.29 is 8.42 Å². The smallest absolute Gasteiger partial charge is 0.264 e. The minimum Gasteiger partial charge on any atom is -0.276 e. The van der Waals surface area contributed by atoms with Gasteiger partial charge in [0.15, 0.2) is 0 Å². The van der Waals surface area contributed by atoms with Gasteiger partial charge in [0, 0.05) is 11.2 Å². The van der Waals surface area contributed by atoms with Gasteiger partial charge in [-0.2, -0.15) is 0 Å². The summed E-state index contributed by atoms with van der Waals surface area (Å²) in [5.41, 5.74) is 0.122. The van der Waals surface area contributed by atoms with Crippen molar-refractivity contribution in [3.63, 3.8) is 0 Å². The van der Waals surface area contributed by atoms with Gasteiger partial charge in [-0.3, -0.25) is 9.71 Å². The quantitative estimate of drug-likeness (QED) is 0.864. The molecule has 2 rings (SSSR count). The fourth-order valence-electron chi connectivity index (χ4n) is 1.43. The van der Waals surface area contributed by atoms with Crippen LogP contribution in [0.25, 0.3) is 0 Å². The van der Waals surface area contributed by atoms with Gasteiger partial charge in [0.2, 0.25) is 0 Å². The van der Waals surface area contributed by atoms with Crippen molar-refractivity contribution in [1.82, 2.24) is 4.98 Å². The number of pyridine rings is 1.